The van der Waals surface area contributed by atoms with Crippen LogP contribution in [0.1, 0.15) is 25.8 Å². The maximum absolute atomic E-state index is 6.22. The van der Waals surface area contributed by atoms with Crippen molar-refractivity contribution >= 4 is 23.6 Å². The Kier molecular flexibility index (Phi) is 5.38. The molecule has 0 bridgehead atoms. The fourth-order valence-corrected chi connectivity index (χ4v) is 4.15. The first-order valence-corrected chi connectivity index (χ1v) is 10.7. The summed E-state index contributed by atoms with van der Waals surface area (Å²) in [6.07, 6.45) is 3.49. The van der Waals surface area contributed by atoms with Gasteiger partial charge in [-0.1, -0.05) is 18.2 Å². The van der Waals surface area contributed by atoms with Crippen molar-refractivity contribution in [3.8, 4) is 22.8 Å². The van der Waals surface area contributed by atoms with Gasteiger partial charge in [0.15, 0.2) is 11.5 Å². The molecule has 162 valence electrons. The minimum atomic E-state index is 0.126. The van der Waals surface area contributed by atoms with Gasteiger partial charge in [0.1, 0.15) is 23.5 Å². The Morgan fingerprint density at radius 3 is 2.50 bits per heavy atom. The lowest BCUT2D eigenvalue weighted by Crippen LogP contribution is -2.47. The van der Waals surface area contributed by atoms with E-state index in [1.165, 1.54) is 6.33 Å². The van der Waals surface area contributed by atoms with Gasteiger partial charge in [0.25, 0.3) is 0 Å². The third-order valence-electron chi connectivity index (χ3n) is 5.98. The molecule has 0 radical (unpaired) electrons. The maximum atomic E-state index is 6.22. The highest BCUT2D eigenvalue weighted by molar-refractivity contribution is 5.98. The van der Waals surface area contributed by atoms with Gasteiger partial charge in [-0.25, -0.2) is 24.7 Å². The van der Waals surface area contributed by atoms with Crippen LogP contribution >= 0.6 is 0 Å². The summed E-state index contributed by atoms with van der Waals surface area (Å²) in [5, 5.41) is 7.64. The van der Waals surface area contributed by atoms with Gasteiger partial charge in [-0.3, -0.25) is 5.84 Å². The van der Waals surface area contributed by atoms with Crippen LogP contribution in [0.5, 0.6) is 11.5 Å². The van der Waals surface area contributed by atoms with Gasteiger partial charge in [0.05, 0.1) is 11.4 Å². The Hall–Kier alpha value is -3.62. The summed E-state index contributed by atoms with van der Waals surface area (Å²) < 4.78 is 7.90. The van der Waals surface area contributed by atoms with Crippen LogP contribution in [0.15, 0.2) is 65.9 Å². The molecule has 1 aliphatic heterocycles. The molecule has 8 heteroatoms. The molecule has 32 heavy (non-hydrogen) atoms. The number of rotatable bonds is 5. The fraction of sp³-hybridized carbons (Fsp3) is 0.250. The van der Waals surface area contributed by atoms with E-state index in [0.29, 0.717) is 18.4 Å². The highest BCUT2D eigenvalue weighted by Gasteiger charge is 2.28. The molecule has 2 aromatic carbocycles. The Bertz CT molecular complexity index is 1240. The number of piperidine rings is 1. The maximum Gasteiger partial charge on any atom is 0.166 e. The molecule has 0 aliphatic carbocycles. The molecule has 8 nitrogen and oxygen atoms in total. The summed E-state index contributed by atoms with van der Waals surface area (Å²) in [7, 11) is 0. The Morgan fingerprint density at radius 2 is 1.78 bits per heavy atom. The molecule has 1 aliphatic rings. The summed E-state index contributed by atoms with van der Waals surface area (Å²) in [6, 6.07) is 18.0. The van der Waals surface area contributed by atoms with Crippen molar-refractivity contribution in [2.75, 3.05) is 6.54 Å². The molecule has 2 aromatic heterocycles. The van der Waals surface area contributed by atoms with Crippen LogP contribution in [0.2, 0.25) is 0 Å². The molecule has 2 N–H and O–H groups in total. The molecule has 2 atom stereocenters. The predicted molar refractivity (Wildman–Crippen MR) is 125 cm³/mol. The van der Waals surface area contributed by atoms with Crippen LogP contribution in [-0.4, -0.2) is 44.1 Å². The second kappa shape index (κ2) is 8.49. The van der Waals surface area contributed by atoms with E-state index < -0.39 is 0 Å². The molecular weight excluding hydrogens is 402 g/mol. The number of hydrogen-bond donors (Lipinski definition) is 1. The molecule has 0 unspecified atom stereocenters. The number of para-hydroxylation sites is 1. The van der Waals surface area contributed by atoms with Crippen molar-refractivity contribution < 1.29 is 4.74 Å². The number of fused-ring (bicyclic) bond motifs is 1. The average molecular weight is 428 g/mol. The van der Waals surface area contributed by atoms with Gasteiger partial charge in [-0.15, -0.1) is 0 Å². The third kappa shape index (κ3) is 3.74. The van der Waals surface area contributed by atoms with Crippen molar-refractivity contribution in [3.63, 3.8) is 0 Å². The van der Waals surface area contributed by atoms with Crippen LogP contribution in [0.25, 0.3) is 22.3 Å². The molecule has 1 fully saturated rings. The fourth-order valence-electron chi connectivity index (χ4n) is 4.15. The summed E-state index contributed by atoms with van der Waals surface area (Å²) in [6.45, 7) is 6.55. The van der Waals surface area contributed by atoms with Gasteiger partial charge >= 0.3 is 0 Å². The van der Waals surface area contributed by atoms with Crippen molar-refractivity contribution in [1.82, 2.24) is 24.8 Å². The Morgan fingerprint density at radius 1 is 1.03 bits per heavy atom. The Labute approximate surface area is 186 Å². The minimum Gasteiger partial charge on any atom is -0.457 e. The zero-order chi connectivity index (χ0) is 22.1. The van der Waals surface area contributed by atoms with E-state index in [2.05, 4.69) is 28.6 Å². The largest absolute Gasteiger partial charge is 0.457 e. The van der Waals surface area contributed by atoms with Gasteiger partial charge in [-0.05, 0) is 62.9 Å². The number of nitrogens with two attached hydrogens (primary N) is 1. The number of aliphatic imine (C=N–C) groups is 1. The van der Waals surface area contributed by atoms with Gasteiger partial charge in [0, 0.05) is 18.2 Å². The van der Waals surface area contributed by atoms with Crippen LogP contribution in [0.3, 0.4) is 0 Å². The van der Waals surface area contributed by atoms with Crippen LogP contribution in [0.4, 0.5) is 5.82 Å². The second-order valence-electron chi connectivity index (χ2n) is 8.06. The smallest absolute Gasteiger partial charge is 0.166 e. The molecule has 5 rings (SSSR count). The van der Waals surface area contributed by atoms with E-state index in [1.54, 1.807) is 0 Å². The summed E-state index contributed by atoms with van der Waals surface area (Å²) in [5.41, 5.74) is 2.45. The van der Waals surface area contributed by atoms with Gasteiger partial charge < -0.3 is 4.74 Å². The molecule has 3 heterocycles. The minimum absolute atomic E-state index is 0.126. The lowest BCUT2D eigenvalue weighted by Gasteiger charge is -2.34. The molecular formula is C24H25N7O. The number of ether oxygens (including phenoxy) is 1. The number of hydrazine groups is 1. The van der Waals surface area contributed by atoms with E-state index >= 15 is 0 Å². The zero-order valence-corrected chi connectivity index (χ0v) is 17.9. The topological polar surface area (TPSA) is 94.4 Å². The van der Waals surface area contributed by atoms with E-state index in [0.717, 1.165) is 46.6 Å². The zero-order valence-electron chi connectivity index (χ0n) is 17.9. The summed E-state index contributed by atoms with van der Waals surface area (Å²) >= 11 is 0. The summed E-state index contributed by atoms with van der Waals surface area (Å²) in [4.78, 5) is 13.0. The van der Waals surface area contributed by atoms with Gasteiger partial charge in [0.2, 0.25) is 0 Å². The lowest BCUT2D eigenvalue weighted by atomic mass is 10.0. The Balaban J connectivity index is 1.54. The first-order chi connectivity index (χ1) is 15.6. The standard InChI is InChI=1S/C24H25N7O/c1-16-8-11-18(14-30(16)25)31-24-21(23(26-2)27-15-28-24)22(29-31)17-9-12-20(13-10-17)32-19-6-4-3-5-7-19/h3-7,9-10,12-13,15-16,18H,2,8,11,14,25H2,1H3/t16-,18+/m0/s1. The number of benzene rings is 2. The van der Waals surface area contributed by atoms with Crippen molar-refractivity contribution in [3.05, 3.63) is 60.9 Å². The first kappa shape index (κ1) is 20.3. The monoisotopic (exact) mass is 427 g/mol. The van der Waals surface area contributed by atoms with E-state index in [-0.39, 0.29) is 6.04 Å². The first-order valence-electron chi connectivity index (χ1n) is 10.7. The normalized spacial score (nSPS) is 19.2. The van der Waals surface area contributed by atoms with Crippen molar-refractivity contribution in [2.45, 2.75) is 31.8 Å². The van der Waals surface area contributed by atoms with Crippen molar-refractivity contribution in [1.29, 1.82) is 0 Å². The second-order valence-corrected chi connectivity index (χ2v) is 8.06. The number of nitrogens with zero attached hydrogens (tertiary/aromatic N) is 6. The van der Waals surface area contributed by atoms with Crippen molar-refractivity contribution in [2.24, 2.45) is 10.8 Å². The highest BCUT2D eigenvalue weighted by Crippen LogP contribution is 2.36. The lowest BCUT2D eigenvalue weighted by molar-refractivity contribution is 0.119. The molecule has 1 saturated heterocycles. The third-order valence-corrected chi connectivity index (χ3v) is 5.98. The van der Waals surface area contributed by atoms with Crippen LogP contribution in [0, 0.1) is 0 Å². The number of hydrogen-bond acceptors (Lipinski definition) is 7. The highest BCUT2D eigenvalue weighted by atomic mass is 16.5. The van der Waals surface area contributed by atoms with E-state index in [9.17, 15) is 0 Å². The SMILES string of the molecule is C=Nc1ncnc2c1c(-c1ccc(Oc3ccccc3)cc1)nn2[C@@H]1CC[C@H](C)N(N)C1. The summed E-state index contributed by atoms with van der Waals surface area (Å²) in [5.74, 6) is 8.29. The predicted octanol–water partition coefficient (Wildman–Crippen LogP) is 4.52. The average Bonchev–Trinajstić information content (AvgIpc) is 3.22. The van der Waals surface area contributed by atoms with Gasteiger partial charge in [-0.2, -0.15) is 5.10 Å². The molecule has 0 spiro atoms. The van der Waals surface area contributed by atoms with E-state index in [1.807, 2.05) is 64.3 Å². The van der Waals surface area contributed by atoms with Crippen LogP contribution < -0.4 is 10.6 Å². The molecule has 0 amide bonds. The molecule has 4 aromatic rings. The van der Waals surface area contributed by atoms with Crippen LogP contribution in [-0.2, 0) is 0 Å². The molecule has 0 saturated carbocycles. The van der Waals surface area contributed by atoms with E-state index in [4.69, 9.17) is 15.7 Å². The quantitative estimate of drug-likeness (QED) is 0.372. The number of aromatic nitrogens is 4.